The van der Waals surface area contributed by atoms with Gasteiger partial charge in [0.15, 0.2) is 0 Å². The van der Waals surface area contributed by atoms with Crippen LogP contribution in [0.5, 0.6) is 0 Å². The number of rotatable bonds is 4. The predicted molar refractivity (Wildman–Crippen MR) is 119 cm³/mol. The van der Waals surface area contributed by atoms with Gasteiger partial charge in [-0.05, 0) is 43.6 Å². The Labute approximate surface area is 181 Å². The Morgan fingerprint density at radius 1 is 1.23 bits per heavy atom. The van der Waals surface area contributed by atoms with Crippen molar-refractivity contribution in [3.63, 3.8) is 0 Å². The van der Waals surface area contributed by atoms with Gasteiger partial charge in [-0.25, -0.2) is 9.97 Å². The van der Waals surface area contributed by atoms with Gasteiger partial charge < -0.3 is 15.4 Å². The van der Waals surface area contributed by atoms with E-state index in [1.54, 1.807) is 0 Å². The van der Waals surface area contributed by atoms with Crippen LogP contribution in [0.1, 0.15) is 42.5 Å². The Morgan fingerprint density at radius 2 is 2.07 bits per heavy atom. The molecule has 2 fully saturated rings. The summed E-state index contributed by atoms with van der Waals surface area (Å²) in [5, 5.41) is 1.23. The summed E-state index contributed by atoms with van der Waals surface area (Å²) >= 11 is 1.85. The molecule has 2 N–H and O–H groups in total. The van der Waals surface area contributed by atoms with Crippen molar-refractivity contribution in [3.05, 3.63) is 16.3 Å². The van der Waals surface area contributed by atoms with E-state index in [2.05, 4.69) is 16.7 Å². The number of amides is 1. The molecule has 0 saturated carbocycles. The number of piperidine rings is 1. The Kier molecular flexibility index (Phi) is 5.64. The number of nitrogens with two attached hydrogens (primary N) is 1. The number of fused-ring (bicyclic) bond motifs is 3. The van der Waals surface area contributed by atoms with E-state index in [-0.39, 0.29) is 11.8 Å². The van der Waals surface area contributed by atoms with Crippen LogP contribution in [-0.2, 0) is 28.9 Å². The molecule has 2 saturated heterocycles. The molecule has 162 valence electrons. The molecule has 4 heterocycles. The fourth-order valence-electron chi connectivity index (χ4n) is 5.03. The average molecular weight is 430 g/mol. The van der Waals surface area contributed by atoms with Crippen molar-refractivity contribution in [1.29, 1.82) is 0 Å². The highest BCUT2D eigenvalue weighted by Gasteiger charge is 2.30. The first-order valence-corrected chi connectivity index (χ1v) is 12.1. The molecule has 0 bridgehead atoms. The third-order valence-electron chi connectivity index (χ3n) is 6.77. The number of ether oxygens (including phenoxy) is 1. The number of aryl methyl sites for hydroxylation is 1. The quantitative estimate of drug-likeness (QED) is 0.803. The molecule has 0 radical (unpaired) electrons. The van der Waals surface area contributed by atoms with Crippen LogP contribution in [0.2, 0.25) is 0 Å². The maximum atomic E-state index is 11.9. The fraction of sp³-hybridized carbons (Fsp3) is 0.682. The van der Waals surface area contributed by atoms with E-state index in [1.165, 1.54) is 22.2 Å². The average Bonchev–Trinajstić information content (AvgIpc) is 3.11. The Bertz CT molecular complexity index is 939. The summed E-state index contributed by atoms with van der Waals surface area (Å²) in [7, 11) is 0. The zero-order valence-corrected chi connectivity index (χ0v) is 18.5. The van der Waals surface area contributed by atoms with Crippen molar-refractivity contribution in [2.45, 2.75) is 45.6 Å². The normalized spacial score (nSPS) is 25.4. The van der Waals surface area contributed by atoms with Crippen LogP contribution < -0.4 is 10.6 Å². The largest absolute Gasteiger partial charge is 0.379 e. The van der Waals surface area contributed by atoms with Crippen molar-refractivity contribution in [1.82, 2.24) is 14.9 Å². The minimum Gasteiger partial charge on any atom is -0.379 e. The van der Waals surface area contributed by atoms with Gasteiger partial charge in [0.2, 0.25) is 5.91 Å². The number of primary amides is 1. The third kappa shape index (κ3) is 3.92. The lowest BCUT2D eigenvalue weighted by atomic mass is 9.89. The minimum atomic E-state index is -0.195. The molecular formula is C22H31N5O2S. The van der Waals surface area contributed by atoms with Gasteiger partial charge in [0.1, 0.15) is 16.5 Å². The molecule has 2 atom stereocenters. The second kappa shape index (κ2) is 8.40. The Balaban J connectivity index is 1.55. The number of thiophene rings is 1. The standard InChI is InChI=1S/C22H31N5O2S/c1-14-4-5-16-17(11-14)30-22-19(16)21(27-6-2-3-15(12-27)20(23)28)24-18(25-22)13-26-7-9-29-10-8-26/h14-15H,2-13H2,1H3,(H2,23,28)/t14-,15-/m1/s1. The number of carbonyl (C=O) groups excluding carboxylic acids is 1. The molecule has 8 heteroatoms. The SMILES string of the molecule is C[C@@H]1CCc2c(sc3nc(CN4CCOCC4)nc(N4CCC[C@@H](C(N)=O)C4)c23)C1. The van der Waals surface area contributed by atoms with Gasteiger partial charge in [-0.3, -0.25) is 9.69 Å². The summed E-state index contributed by atoms with van der Waals surface area (Å²) in [5.74, 6) is 2.35. The van der Waals surface area contributed by atoms with E-state index in [0.717, 1.165) is 87.5 Å². The summed E-state index contributed by atoms with van der Waals surface area (Å²) in [6.07, 6.45) is 5.31. The highest BCUT2D eigenvalue weighted by Crippen LogP contribution is 2.41. The van der Waals surface area contributed by atoms with E-state index in [4.69, 9.17) is 20.4 Å². The van der Waals surface area contributed by atoms with Gasteiger partial charge in [0.05, 0.1) is 31.1 Å². The second-order valence-electron chi connectivity index (χ2n) is 9.07. The van der Waals surface area contributed by atoms with E-state index in [0.29, 0.717) is 6.54 Å². The lowest BCUT2D eigenvalue weighted by Gasteiger charge is -2.33. The molecule has 7 nitrogen and oxygen atoms in total. The van der Waals surface area contributed by atoms with Gasteiger partial charge in [0, 0.05) is 31.1 Å². The maximum Gasteiger partial charge on any atom is 0.222 e. The number of hydrogen-bond donors (Lipinski definition) is 1. The molecule has 30 heavy (non-hydrogen) atoms. The molecule has 2 aromatic heterocycles. The molecule has 3 aliphatic rings. The van der Waals surface area contributed by atoms with Crippen molar-refractivity contribution in [2.75, 3.05) is 44.3 Å². The summed E-state index contributed by atoms with van der Waals surface area (Å²) in [5.41, 5.74) is 7.11. The molecule has 1 amide bonds. The van der Waals surface area contributed by atoms with Gasteiger partial charge in [-0.2, -0.15) is 0 Å². The van der Waals surface area contributed by atoms with Crippen LogP contribution in [0.15, 0.2) is 0 Å². The number of carbonyl (C=O) groups is 1. The van der Waals surface area contributed by atoms with Gasteiger partial charge in [-0.1, -0.05) is 6.92 Å². The maximum absolute atomic E-state index is 11.9. The van der Waals surface area contributed by atoms with E-state index in [1.807, 2.05) is 11.3 Å². The van der Waals surface area contributed by atoms with E-state index < -0.39 is 0 Å². The van der Waals surface area contributed by atoms with Crippen LogP contribution in [-0.4, -0.2) is 60.2 Å². The van der Waals surface area contributed by atoms with E-state index >= 15 is 0 Å². The van der Waals surface area contributed by atoms with Crippen LogP contribution >= 0.6 is 11.3 Å². The molecular weight excluding hydrogens is 398 g/mol. The van der Waals surface area contributed by atoms with Crippen LogP contribution in [0, 0.1) is 11.8 Å². The molecule has 0 unspecified atom stereocenters. The summed E-state index contributed by atoms with van der Waals surface area (Å²) < 4.78 is 5.49. The lowest BCUT2D eigenvalue weighted by Crippen LogP contribution is -2.42. The Morgan fingerprint density at radius 3 is 2.87 bits per heavy atom. The number of hydrogen-bond acceptors (Lipinski definition) is 7. The van der Waals surface area contributed by atoms with Gasteiger partial charge in [0.25, 0.3) is 0 Å². The number of nitrogens with zero attached hydrogens (tertiary/aromatic N) is 4. The minimum absolute atomic E-state index is 0.0963. The molecule has 2 aliphatic heterocycles. The monoisotopic (exact) mass is 429 g/mol. The van der Waals surface area contributed by atoms with Crippen molar-refractivity contribution in [3.8, 4) is 0 Å². The summed E-state index contributed by atoms with van der Waals surface area (Å²) in [6.45, 7) is 8.06. The first-order chi connectivity index (χ1) is 14.6. The lowest BCUT2D eigenvalue weighted by molar-refractivity contribution is -0.122. The van der Waals surface area contributed by atoms with Crippen LogP contribution in [0.25, 0.3) is 10.2 Å². The molecule has 0 aromatic carbocycles. The number of morpholine rings is 1. The molecule has 0 spiro atoms. The smallest absolute Gasteiger partial charge is 0.222 e. The van der Waals surface area contributed by atoms with Crippen molar-refractivity contribution >= 4 is 33.3 Å². The third-order valence-corrected chi connectivity index (χ3v) is 7.92. The molecule has 2 aromatic rings. The number of aromatic nitrogens is 2. The zero-order valence-electron chi connectivity index (χ0n) is 17.7. The van der Waals surface area contributed by atoms with Gasteiger partial charge in [-0.15, -0.1) is 11.3 Å². The van der Waals surface area contributed by atoms with Crippen LogP contribution in [0.3, 0.4) is 0 Å². The topological polar surface area (TPSA) is 84.6 Å². The fourth-order valence-corrected chi connectivity index (χ4v) is 6.42. The van der Waals surface area contributed by atoms with Crippen molar-refractivity contribution in [2.24, 2.45) is 17.6 Å². The zero-order chi connectivity index (χ0) is 20.7. The summed E-state index contributed by atoms with van der Waals surface area (Å²) in [4.78, 5) is 29.3. The molecule has 5 rings (SSSR count). The first kappa shape index (κ1) is 20.2. The number of anilines is 1. The van der Waals surface area contributed by atoms with Crippen molar-refractivity contribution < 1.29 is 9.53 Å². The van der Waals surface area contributed by atoms with E-state index in [9.17, 15) is 4.79 Å². The Hall–Kier alpha value is -1.77. The molecule has 1 aliphatic carbocycles. The highest BCUT2D eigenvalue weighted by molar-refractivity contribution is 7.19. The first-order valence-electron chi connectivity index (χ1n) is 11.2. The summed E-state index contributed by atoms with van der Waals surface area (Å²) in [6, 6.07) is 0. The van der Waals surface area contributed by atoms with Crippen LogP contribution in [0.4, 0.5) is 5.82 Å². The van der Waals surface area contributed by atoms with Gasteiger partial charge >= 0.3 is 0 Å². The highest BCUT2D eigenvalue weighted by atomic mass is 32.1. The predicted octanol–water partition coefficient (Wildman–Crippen LogP) is 2.35. The second-order valence-corrected chi connectivity index (χ2v) is 10.2.